The highest BCUT2D eigenvalue weighted by molar-refractivity contribution is 5.95. The summed E-state index contributed by atoms with van der Waals surface area (Å²) in [6.45, 7) is 4.84. The molecule has 3 heteroatoms. The van der Waals surface area contributed by atoms with Gasteiger partial charge in [0.05, 0.1) is 0 Å². The third kappa shape index (κ3) is 2.61. The zero-order chi connectivity index (χ0) is 11.4. The van der Waals surface area contributed by atoms with Gasteiger partial charge in [0, 0.05) is 12.1 Å². The van der Waals surface area contributed by atoms with E-state index in [-0.39, 0.29) is 5.91 Å². The number of amides is 1. The van der Waals surface area contributed by atoms with E-state index in [0.29, 0.717) is 5.92 Å². The molecule has 2 rings (SSSR count). The Morgan fingerprint density at radius 3 is 3.00 bits per heavy atom. The molecule has 0 spiro atoms. The Morgan fingerprint density at radius 1 is 1.50 bits per heavy atom. The van der Waals surface area contributed by atoms with Crippen molar-refractivity contribution in [1.82, 2.24) is 10.6 Å². The number of rotatable bonds is 3. The van der Waals surface area contributed by atoms with Crippen molar-refractivity contribution in [3.63, 3.8) is 0 Å². The topological polar surface area (TPSA) is 41.1 Å². The molecule has 0 saturated carbocycles. The van der Waals surface area contributed by atoms with E-state index in [9.17, 15) is 4.79 Å². The third-order valence-electron chi connectivity index (χ3n) is 3.10. The molecule has 0 aromatic heterocycles. The zero-order valence-corrected chi connectivity index (χ0v) is 9.62. The van der Waals surface area contributed by atoms with Gasteiger partial charge in [-0.25, -0.2) is 0 Å². The minimum atomic E-state index is 0.0463. The fourth-order valence-electron chi connectivity index (χ4n) is 2.05. The van der Waals surface area contributed by atoms with E-state index in [1.165, 1.54) is 0 Å². The molecule has 1 atom stereocenters. The number of hydrogen-bond donors (Lipinski definition) is 2. The van der Waals surface area contributed by atoms with Crippen molar-refractivity contribution in [3.8, 4) is 0 Å². The van der Waals surface area contributed by atoms with E-state index < -0.39 is 0 Å². The van der Waals surface area contributed by atoms with Gasteiger partial charge in [0.1, 0.15) is 0 Å². The minimum absolute atomic E-state index is 0.0463. The maximum absolute atomic E-state index is 11.9. The molecule has 1 heterocycles. The fourth-order valence-corrected chi connectivity index (χ4v) is 2.05. The van der Waals surface area contributed by atoms with E-state index in [0.717, 1.165) is 37.2 Å². The van der Waals surface area contributed by atoms with E-state index in [1.807, 2.05) is 31.2 Å². The van der Waals surface area contributed by atoms with Gasteiger partial charge in [-0.15, -0.1) is 0 Å². The van der Waals surface area contributed by atoms with Crippen LogP contribution in [0.4, 0.5) is 0 Å². The maximum atomic E-state index is 11.9. The molecule has 86 valence electrons. The van der Waals surface area contributed by atoms with Crippen LogP contribution in [0.2, 0.25) is 0 Å². The summed E-state index contributed by atoms with van der Waals surface area (Å²) in [5.74, 6) is 0.637. The van der Waals surface area contributed by atoms with Gasteiger partial charge in [0.25, 0.3) is 5.91 Å². The highest BCUT2D eigenvalue weighted by Gasteiger charge is 2.16. The molecular weight excluding hydrogens is 200 g/mol. The molecule has 1 aliphatic rings. The van der Waals surface area contributed by atoms with Gasteiger partial charge in [-0.2, -0.15) is 0 Å². The van der Waals surface area contributed by atoms with Crippen LogP contribution in [0.3, 0.4) is 0 Å². The molecule has 3 nitrogen and oxygen atoms in total. The van der Waals surface area contributed by atoms with E-state index >= 15 is 0 Å². The number of carbonyl (C=O) groups is 1. The number of nitrogens with one attached hydrogen (secondary N) is 2. The summed E-state index contributed by atoms with van der Waals surface area (Å²) < 4.78 is 0. The molecule has 1 fully saturated rings. The van der Waals surface area contributed by atoms with Crippen molar-refractivity contribution in [2.75, 3.05) is 19.6 Å². The van der Waals surface area contributed by atoms with E-state index in [2.05, 4.69) is 10.6 Å². The molecule has 1 amide bonds. The predicted molar refractivity (Wildman–Crippen MR) is 64.5 cm³/mol. The summed E-state index contributed by atoms with van der Waals surface area (Å²) in [6, 6.07) is 7.69. The number of benzene rings is 1. The molecule has 1 unspecified atom stereocenters. The van der Waals surface area contributed by atoms with Gasteiger partial charge in [-0.3, -0.25) is 4.79 Å². The van der Waals surface area contributed by atoms with Crippen LogP contribution in [0, 0.1) is 12.8 Å². The first-order valence-corrected chi connectivity index (χ1v) is 5.82. The van der Waals surface area contributed by atoms with Crippen LogP contribution in [-0.2, 0) is 0 Å². The Bertz CT molecular complexity index is 370. The average molecular weight is 218 g/mol. The summed E-state index contributed by atoms with van der Waals surface area (Å²) in [6.07, 6.45) is 1.16. The second kappa shape index (κ2) is 5.12. The lowest BCUT2D eigenvalue weighted by molar-refractivity contribution is 0.0947. The van der Waals surface area contributed by atoms with Crippen LogP contribution in [0.5, 0.6) is 0 Å². The highest BCUT2D eigenvalue weighted by Crippen LogP contribution is 2.08. The Balaban J connectivity index is 1.90. The molecule has 0 bridgehead atoms. The van der Waals surface area contributed by atoms with Crippen LogP contribution in [0.15, 0.2) is 24.3 Å². The first-order chi connectivity index (χ1) is 7.77. The second-order valence-electron chi connectivity index (χ2n) is 4.38. The Kier molecular flexibility index (Phi) is 3.57. The molecular formula is C13H18N2O. The van der Waals surface area contributed by atoms with Crippen LogP contribution in [-0.4, -0.2) is 25.5 Å². The van der Waals surface area contributed by atoms with Gasteiger partial charge >= 0.3 is 0 Å². The first kappa shape index (κ1) is 11.1. The largest absolute Gasteiger partial charge is 0.352 e. The summed E-state index contributed by atoms with van der Waals surface area (Å²) in [4.78, 5) is 11.9. The van der Waals surface area contributed by atoms with Crippen LogP contribution < -0.4 is 10.6 Å². The van der Waals surface area contributed by atoms with Gasteiger partial charge in [0.2, 0.25) is 0 Å². The highest BCUT2D eigenvalue weighted by atomic mass is 16.1. The van der Waals surface area contributed by atoms with E-state index in [4.69, 9.17) is 0 Å². The standard InChI is InChI=1S/C13H18N2O/c1-10-4-2-3-5-12(10)13(16)15-9-11-6-7-14-8-11/h2-5,11,14H,6-9H2,1H3,(H,15,16). The molecule has 0 aliphatic carbocycles. The quantitative estimate of drug-likeness (QED) is 0.803. The maximum Gasteiger partial charge on any atom is 0.251 e. The van der Waals surface area contributed by atoms with Crippen molar-refractivity contribution in [2.45, 2.75) is 13.3 Å². The monoisotopic (exact) mass is 218 g/mol. The second-order valence-corrected chi connectivity index (χ2v) is 4.38. The lowest BCUT2D eigenvalue weighted by Crippen LogP contribution is -2.30. The van der Waals surface area contributed by atoms with Crippen molar-refractivity contribution in [3.05, 3.63) is 35.4 Å². The van der Waals surface area contributed by atoms with Crippen LogP contribution in [0.1, 0.15) is 22.3 Å². The van der Waals surface area contributed by atoms with Crippen molar-refractivity contribution < 1.29 is 4.79 Å². The zero-order valence-electron chi connectivity index (χ0n) is 9.62. The number of hydrogen-bond acceptors (Lipinski definition) is 2. The lowest BCUT2D eigenvalue weighted by atomic mass is 10.1. The SMILES string of the molecule is Cc1ccccc1C(=O)NCC1CCNC1. The Hall–Kier alpha value is -1.35. The first-order valence-electron chi connectivity index (χ1n) is 5.82. The van der Waals surface area contributed by atoms with Crippen LogP contribution in [0.25, 0.3) is 0 Å². The average Bonchev–Trinajstić information content (AvgIpc) is 2.79. The van der Waals surface area contributed by atoms with Crippen molar-refractivity contribution in [2.24, 2.45) is 5.92 Å². The van der Waals surface area contributed by atoms with Crippen molar-refractivity contribution >= 4 is 5.91 Å². The third-order valence-corrected chi connectivity index (χ3v) is 3.10. The normalized spacial score (nSPS) is 19.7. The molecule has 16 heavy (non-hydrogen) atoms. The predicted octanol–water partition coefficient (Wildman–Crippen LogP) is 1.33. The van der Waals surface area contributed by atoms with Crippen LogP contribution >= 0.6 is 0 Å². The van der Waals surface area contributed by atoms with Gasteiger partial charge in [-0.1, -0.05) is 18.2 Å². The summed E-state index contributed by atoms with van der Waals surface area (Å²) in [7, 11) is 0. The summed E-state index contributed by atoms with van der Waals surface area (Å²) in [5.41, 5.74) is 1.82. The summed E-state index contributed by atoms with van der Waals surface area (Å²) >= 11 is 0. The molecule has 1 aromatic carbocycles. The lowest BCUT2D eigenvalue weighted by Gasteiger charge is -2.11. The Morgan fingerprint density at radius 2 is 2.31 bits per heavy atom. The van der Waals surface area contributed by atoms with Gasteiger partial charge in [0.15, 0.2) is 0 Å². The molecule has 1 aromatic rings. The Labute approximate surface area is 96.2 Å². The van der Waals surface area contributed by atoms with Gasteiger partial charge < -0.3 is 10.6 Å². The minimum Gasteiger partial charge on any atom is -0.352 e. The molecule has 0 radical (unpaired) electrons. The molecule has 1 saturated heterocycles. The van der Waals surface area contributed by atoms with Gasteiger partial charge in [-0.05, 0) is 44.0 Å². The molecule has 2 N–H and O–H groups in total. The summed E-state index contributed by atoms with van der Waals surface area (Å²) in [5, 5.41) is 6.30. The fraction of sp³-hybridized carbons (Fsp3) is 0.462. The van der Waals surface area contributed by atoms with E-state index in [1.54, 1.807) is 0 Å². The number of carbonyl (C=O) groups excluding carboxylic acids is 1. The number of aryl methyl sites for hydroxylation is 1. The van der Waals surface area contributed by atoms with Crippen molar-refractivity contribution in [1.29, 1.82) is 0 Å². The smallest absolute Gasteiger partial charge is 0.251 e. The molecule has 1 aliphatic heterocycles.